The van der Waals surface area contributed by atoms with Crippen LogP contribution in [0.15, 0.2) is 24.3 Å². The Morgan fingerprint density at radius 3 is 3.00 bits per heavy atom. The Kier molecular flexibility index (Phi) is 4.91. The molecule has 0 radical (unpaired) electrons. The van der Waals surface area contributed by atoms with Gasteiger partial charge in [-0.3, -0.25) is 4.79 Å². The maximum Gasteiger partial charge on any atom is 0.221 e. The molecule has 1 saturated heterocycles. The number of amides is 1. The third-order valence-electron chi connectivity index (χ3n) is 3.77. The summed E-state index contributed by atoms with van der Waals surface area (Å²) in [6.45, 7) is 3.41. The lowest BCUT2D eigenvalue weighted by Gasteiger charge is -2.29. The quantitative estimate of drug-likeness (QED) is 0.875. The average Bonchev–Trinajstić information content (AvgIpc) is 2.40. The molecule has 1 amide bonds. The fourth-order valence-electron chi connectivity index (χ4n) is 2.49. The fraction of sp³-hybridized carbons (Fsp3) is 0.533. The molecule has 1 heterocycles. The Balaban J connectivity index is 1.80. The predicted molar refractivity (Wildman–Crippen MR) is 73.1 cm³/mol. The van der Waals surface area contributed by atoms with E-state index in [-0.39, 0.29) is 24.3 Å². The van der Waals surface area contributed by atoms with Gasteiger partial charge in [-0.1, -0.05) is 25.1 Å². The summed E-state index contributed by atoms with van der Waals surface area (Å²) in [7, 11) is 0. The van der Waals surface area contributed by atoms with Crippen LogP contribution >= 0.6 is 0 Å². The van der Waals surface area contributed by atoms with Gasteiger partial charge in [-0.25, -0.2) is 4.39 Å². The number of rotatable bonds is 4. The molecule has 2 atom stereocenters. The van der Waals surface area contributed by atoms with E-state index < -0.39 is 0 Å². The van der Waals surface area contributed by atoms with Crippen LogP contribution in [-0.4, -0.2) is 18.5 Å². The molecule has 3 nitrogen and oxygen atoms in total. The molecule has 1 aliphatic rings. The zero-order chi connectivity index (χ0) is 13.7. The minimum atomic E-state index is -0.271. The molecule has 2 N–H and O–H groups in total. The Labute approximate surface area is 113 Å². The first-order chi connectivity index (χ1) is 9.16. The van der Waals surface area contributed by atoms with E-state index in [0.29, 0.717) is 17.9 Å². The van der Waals surface area contributed by atoms with E-state index in [9.17, 15) is 9.18 Å². The fourth-order valence-corrected chi connectivity index (χ4v) is 2.49. The lowest BCUT2D eigenvalue weighted by Crippen LogP contribution is -2.43. The van der Waals surface area contributed by atoms with E-state index in [4.69, 9.17) is 0 Å². The van der Waals surface area contributed by atoms with Crippen LogP contribution in [-0.2, 0) is 11.3 Å². The maximum absolute atomic E-state index is 13.4. The van der Waals surface area contributed by atoms with Gasteiger partial charge in [-0.2, -0.15) is 0 Å². The van der Waals surface area contributed by atoms with Crippen LogP contribution < -0.4 is 10.6 Å². The topological polar surface area (TPSA) is 41.1 Å². The van der Waals surface area contributed by atoms with Crippen molar-refractivity contribution in [1.82, 2.24) is 10.6 Å². The van der Waals surface area contributed by atoms with Crippen LogP contribution in [0.5, 0.6) is 0 Å². The van der Waals surface area contributed by atoms with Gasteiger partial charge in [0.1, 0.15) is 5.82 Å². The van der Waals surface area contributed by atoms with Gasteiger partial charge in [0.05, 0.1) is 0 Å². The molecule has 1 fully saturated rings. The largest absolute Gasteiger partial charge is 0.352 e. The van der Waals surface area contributed by atoms with E-state index in [1.54, 1.807) is 18.2 Å². The highest BCUT2D eigenvalue weighted by Crippen LogP contribution is 2.17. The monoisotopic (exact) mass is 264 g/mol. The van der Waals surface area contributed by atoms with Crippen LogP contribution in [0.3, 0.4) is 0 Å². The zero-order valence-corrected chi connectivity index (χ0v) is 11.3. The third kappa shape index (κ3) is 4.03. The number of nitrogens with one attached hydrogen (secondary N) is 2. The SMILES string of the molecule is CC1CCCNC1CC(=O)NCc1ccccc1F. The first-order valence-electron chi connectivity index (χ1n) is 6.90. The van der Waals surface area contributed by atoms with E-state index in [1.165, 1.54) is 12.5 Å². The van der Waals surface area contributed by atoms with Gasteiger partial charge in [-0.05, 0) is 31.4 Å². The highest BCUT2D eigenvalue weighted by Gasteiger charge is 2.22. The van der Waals surface area contributed by atoms with Crippen molar-refractivity contribution in [2.45, 2.75) is 38.8 Å². The first-order valence-corrected chi connectivity index (χ1v) is 6.90. The van der Waals surface area contributed by atoms with Crippen LogP contribution in [0.25, 0.3) is 0 Å². The summed E-state index contributed by atoms with van der Waals surface area (Å²) in [5.41, 5.74) is 0.528. The Morgan fingerprint density at radius 1 is 1.47 bits per heavy atom. The molecule has 0 bridgehead atoms. The Hall–Kier alpha value is -1.42. The van der Waals surface area contributed by atoms with Crippen molar-refractivity contribution in [2.24, 2.45) is 5.92 Å². The van der Waals surface area contributed by atoms with Crippen molar-refractivity contribution in [3.8, 4) is 0 Å². The molecular weight excluding hydrogens is 243 g/mol. The highest BCUT2D eigenvalue weighted by atomic mass is 19.1. The number of benzene rings is 1. The summed E-state index contributed by atoms with van der Waals surface area (Å²) in [6.07, 6.45) is 2.81. The van der Waals surface area contributed by atoms with Gasteiger partial charge in [0.15, 0.2) is 0 Å². The van der Waals surface area contributed by atoms with E-state index in [2.05, 4.69) is 17.6 Å². The van der Waals surface area contributed by atoms with Crippen molar-refractivity contribution < 1.29 is 9.18 Å². The number of hydrogen-bond acceptors (Lipinski definition) is 2. The number of piperidine rings is 1. The average molecular weight is 264 g/mol. The third-order valence-corrected chi connectivity index (χ3v) is 3.77. The smallest absolute Gasteiger partial charge is 0.221 e. The highest BCUT2D eigenvalue weighted by molar-refractivity contribution is 5.76. The van der Waals surface area contributed by atoms with Gasteiger partial charge >= 0.3 is 0 Å². The minimum absolute atomic E-state index is 0.0190. The van der Waals surface area contributed by atoms with Crippen LogP contribution in [0, 0.1) is 11.7 Å². The molecule has 19 heavy (non-hydrogen) atoms. The number of carbonyl (C=O) groups excluding carboxylic acids is 1. The molecule has 2 unspecified atom stereocenters. The van der Waals surface area contributed by atoms with Crippen molar-refractivity contribution in [3.05, 3.63) is 35.6 Å². The Bertz CT molecular complexity index is 436. The molecule has 0 aromatic heterocycles. The second-order valence-corrected chi connectivity index (χ2v) is 5.25. The number of carbonyl (C=O) groups is 1. The second kappa shape index (κ2) is 6.66. The first kappa shape index (κ1) is 14.0. The molecule has 4 heteroatoms. The normalized spacial score (nSPS) is 23.1. The zero-order valence-electron chi connectivity index (χ0n) is 11.3. The summed E-state index contributed by atoms with van der Waals surface area (Å²) in [6, 6.07) is 6.77. The van der Waals surface area contributed by atoms with E-state index in [0.717, 1.165) is 13.0 Å². The molecule has 0 saturated carbocycles. The van der Waals surface area contributed by atoms with Crippen molar-refractivity contribution in [1.29, 1.82) is 0 Å². The summed E-state index contributed by atoms with van der Waals surface area (Å²) >= 11 is 0. The molecule has 104 valence electrons. The molecule has 1 aliphatic heterocycles. The van der Waals surface area contributed by atoms with Gasteiger partial charge in [-0.15, -0.1) is 0 Å². The summed E-state index contributed by atoms with van der Waals surface area (Å²) in [4.78, 5) is 11.9. The van der Waals surface area contributed by atoms with Gasteiger partial charge in [0.2, 0.25) is 5.91 Å². The molecule has 0 aliphatic carbocycles. The summed E-state index contributed by atoms with van der Waals surface area (Å²) < 4.78 is 13.4. The molecule has 1 aromatic carbocycles. The molecule has 0 spiro atoms. The number of halogens is 1. The van der Waals surface area contributed by atoms with Crippen molar-refractivity contribution in [3.63, 3.8) is 0 Å². The van der Waals surface area contributed by atoms with Gasteiger partial charge < -0.3 is 10.6 Å². The van der Waals surface area contributed by atoms with Gasteiger partial charge in [0.25, 0.3) is 0 Å². The standard InChI is InChI=1S/C15H21FN2O/c1-11-5-4-8-17-14(11)9-15(19)18-10-12-6-2-3-7-13(12)16/h2-3,6-7,11,14,17H,4-5,8-10H2,1H3,(H,18,19). The van der Waals surface area contributed by atoms with Crippen LogP contribution in [0.4, 0.5) is 4.39 Å². The van der Waals surface area contributed by atoms with Crippen molar-refractivity contribution >= 4 is 5.91 Å². The van der Waals surface area contributed by atoms with E-state index in [1.807, 2.05) is 0 Å². The van der Waals surface area contributed by atoms with E-state index >= 15 is 0 Å². The van der Waals surface area contributed by atoms with Crippen molar-refractivity contribution in [2.75, 3.05) is 6.54 Å². The van der Waals surface area contributed by atoms with Crippen LogP contribution in [0.2, 0.25) is 0 Å². The predicted octanol–water partition coefficient (Wildman–Crippen LogP) is 2.22. The minimum Gasteiger partial charge on any atom is -0.352 e. The van der Waals surface area contributed by atoms with Gasteiger partial charge in [0, 0.05) is 24.6 Å². The Morgan fingerprint density at radius 2 is 2.26 bits per heavy atom. The lowest BCUT2D eigenvalue weighted by atomic mass is 9.90. The molecular formula is C15H21FN2O. The maximum atomic E-state index is 13.4. The summed E-state index contributed by atoms with van der Waals surface area (Å²) in [5.74, 6) is 0.231. The lowest BCUT2D eigenvalue weighted by molar-refractivity contribution is -0.122. The number of hydrogen-bond donors (Lipinski definition) is 2. The van der Waals surface area contributed by atoms with Crippen LogP contribution in [0.1, 0.15) is 31.7 Å². The molecule has 1 aromatic rings. The summed E-state index contributed by atoms with van der Waals surface area (Å²) in [5, 5.41) is 6.16. The second-order valence-electron chi connectivity index (χ2n) is 5.25. The molecule has 2 rings (SSSR count).